The molecule has 0 atom stereocenters. The first-order valence-electron chi connectivity index (χ1n) is 11.9. The maximum absolute atomic E-state index is 9.62. The smallest absolute Gasteiger partial charge is 0.159 e. The van der Waals surface area contributed by atoms with Gasteiger partial charge in [-0.3, -0.25) is 0 Å². The van der Waals surface area contributed by atoms with E-state index >= 15 is 0 Å². The quantitative estimate of drug-likeness (QED) is 0.153. The highest BCUT2D eigenvalue weighted by molar-refractivity contribution is 14.1. The Balaban J connectivity index is 1.68. The molecule has 4 aromatic carbocycles. The van der Waals surface area contributed by atoms with E-state index < -0.39 is 0 Å². The number of benzene rings is 4. The van der Waals surface area contributed by atoms with Crippen molar-refractivity contribution in [1.82, 2.24) is 0 Å². The van der Waals surface area contributed by atoms with Gasteiger partial charge in [0.25, 0.3) is 0 Å². The van der Waals surface area contributed by atoms with E-state index in [1.807, 2.05) is 60.7 Å². The van der Waals surface area contributed by atoms with Gasteiger partial charge in [0, 0.05) is 12.2 Å². The normalized spacial score (nSPS) is 11.6. The van der Waals surface area contributed by atoms with Crippen molar-refractivity contribution in [3.05, 3.63) is 102 Å². The third-order valence-electron chi connectivity index (χ3n) is 6.39. The molecule has 6 nitrogen and oxygen atoms in total. The molecular weight excluding hydrogens is 577 g/mol. The van der Waals surface area contributed by atoms with Crippen LogP contribution in [0, 0.1) is 11.3 Å². The molecule has 186 valence electrons. The van der Waals surface area contributed by atoms with Gasteiger partial charge in [0.1, 0.15) is 11.5 Å². The van der Waals surface area contributed by atoms with Gasteiger partial charge in [-0.15, -0.1) is 0 Å². The summed E-state index contributed by atoms with van der Waals surface area (Å²) in [6.07, 6.45) is 0.169. The number of nitriles is 1. The Hall–Kier alpha value is -3.90. The summed E-state index contributed by atoms with van der Waals surface area (Å²) in [6, 6.07) is 30.7. The third kappa shape index (κ3) is 4.89. The van der Waals surface area contributed by atoms with Gasteiger partial charge in [-0.25, -0.2) is 0 Å². The summed E-state index contributed by atoms with van der Waals surface area (Å²) in [5.41, 5.74) is 5.73. The number of hydrogen-bond donors (Lipinski definition) is 0. The van der Waals surface area contributed by atoms with Crippen molar-refractivity contribution in [2.75, 3.05) is 22.2 Å². The van der Waals surface area contributed by atoms with Gasteiger partial charge in [-0.1, -0.05) is 48.5 Å². The number of fused-ring (bicyclic) bond motifs is 2. The lowest BCUT2D eigenvalue weighted by atomic mass is 10.0. The van der Waals surface area contributed by atoms with Crippen molar-refractivity contribution >= 4 is 39.9 Å². The summed E-state index contributed by atoms with van der Waals surface area (Å²) in [5, 5.41) is 9.62. The van der Waals surface area contributed by atoms with Crippen LogP contribution in [0.4, 0.5) is 17.1 Å². The van der Waals surface area contributed by atoms with Gasteiger partial charge in [-0.2, -0.15) is 5.26 Å². The molecule has 5 rings (SSSR count). The fourth-order valence-corrected chi connectivity index (χ4v) is 5.28. The molecule has 0 aliphatic carbocycles. The summed E-state index contributed by atoms with van der Waals surface area (Å²) < 4.78 is 20.3. The predicted octanol–water partition coefficient (Wildman–Crippen LogP) is 7.57. The first kappa shape index (κ1) is 24.8. The molecular formula is C30H26IN3O3. The van der Waals surface area contributed by atoms with Crippen LogP contribution in [0.25, 0.3) is 0 Å². The van der Waals surface area contributed by atoms with Crippen LogP contribution in [-0.4, -0.2) is 14.2 Å². The Labute approximate surface area is 231 Å². The van der Waals surface area contributed by atoms with Crippen LogP contribution in [0.1, 0.15) is 16.7 Å². The van der Waals surface area contributed by atoms with Gasteiger partial charge in [0.05, 0.1) is 78.6 Å². The highest BCUT2D eigenvalue weighted by Gasteiger charge is 2.32. The fourth-order valence-electron chi connectivity index (χ4n) is 4.61. The molecule has 0 unspecified atom stereocenters. The third-order valence-corrected chi connectivity index (χ3v) is 7.29. The summed E-state index contributed by atoms with van der Waals surface area (Å²) in [4.78, 5) is 2.24. The Morgan fingerprint density at radius 2 is 1.38 bits per heavy atom. The summed E-state index contributed by atoms with van der Waals surface area (Å²) >= 11 is 2.32. The molecule has 0 saturated carbocycles. The van der Waals surface area contributed by atoms with E-state index in [1.54, 1.807) is 14.2 Å². The van der Waals surface area contributed by atoms with Crippen molar-refractivity contribution in [2.45, 2.75) is 19.5 Å². The zero-order valence-corrected chi connectivity index (χ0v) is 22.8. The van der Waals surface area contributed by atoms with Crippen molar-refractivity contribution in [3.8, 4) is 29.1 Å². The Morgan fingerprint density at radius 3 is 1.97 bits per heavy atom. The van der Waals surface area contributed by atoms with Crippen LogP contribution >= 0.6 is 22.9 Å². The summed E-state index contributed by atoms with van der Waals surface area (Å²) in [5.74, 6) is 2.73. The van der Waals surface area contributed by atoms with E-state index in [0.717, 1.165) is 39.5 Å². The van der Waals surface area contributed by atoms with Crippen LogP contribution in [0.2, 0.25) is 0 Å². The van der Waals surface area contributed by atoms with E-state index in [2.05, 4.69) is 61.2 Å². The highest BCUT2D eigenvalue weighted by Crippen LogP contribution is 2.54. The van der Waals surface area contributed by atoms with E-state index in [9.17, 15) is 5.26 Å². The van der Waals surface area contributed by atoms with Gasteiger partial charge in [0.15, 0.2) is 11.5 Å². The summed E-state index contributed by atoms with van der Waals surface area (Å²) in [7, 11) is 3.29. The number of ether oxygens (including phenoxy) is 3. The van der Waals surface area contributed by atoms with E-state index in [1.165, 1.54) is 0 Å². The lowest BCUT2D eigenvalue weighted by molar-refractivity contribution is 0.393. The van der Waals surface area contributed by atoms with Crippen LogP contribution in [-0.2, 0) is 19.5 Å². The van der Waals surface area contributed by atoms with Crippen molar-refractivity contribution < 1.29 is 14.2 Å². The highest BCUT2D eigenvalue weighted by atomic mass is 127. The molecule has 1 aliphatic rings. The molecule has 0 amide bonds. The molecule has 1 aliphatic heterocycles. The van der Waals surface area contributed by atoms with Gasteiger partial charge >= 0.3 is 0 Å². The first-order chi connectivity index (χ1) is 18.1. The van der Waals surface area contributed by atoms with Crippen molar-refractivity contribution in [1.29, 1.82) is 5.26 Å². The second kappa shape index (κ2) is 11.0. The minimum Gasteiger partial charge on any atom is -0.496 e. The lowest BCUT2D eigenvalue weighted by Gasteiger charge is -2.36. The molecule has 37 heavy (non-hydrogen) atoms. The van der Waals surface area contributed by atoms with Gasteiger partial charge in [0.2, 0.25) is 0 Å². The lowest BCUT2D eigenvalue weighted by Crippen LogP contribution is -2.23. The van der Waals surface area contributed by atoms with E-state index in [-0.39, 0.29) is 6.42 Å². The number of nitrogens with zero attached hydrogens (tertiary/aromatic N) is 3. The fraction of sp³-hybridized carbons (Fsp3) is 0.167. The molecule has 4 aromatic rings. The number of hydrogen-bond acceptors (Lipinski definition) is 6. The number of halogens is 1. The molecule has 0 fully saturated rings. The molecule has 1 heterocycles. The second-order valence-corrected chi connectivity index (χ2v) is 9.72. The maximum atomic E-state index is 9.62. The molecule has 0 aromatic heterocycles. The zero-order valence-electron chi connectivity index (χ0n) is 20.6. The van der Waals surface area contributed by atoms with E-state index in [0.29, 0.717) is 30.3 Å². The Kier molecular flexibility index (Phi) is 7.37. The van der Waals surface area contributed by atoms with Gasteiger partial charge < -0.3 is 22.2 Å². The maximum Gasteiger partial charge on any atom is 0.159 e. The minimum atomic E-state index is 0.169. The van der Waals surface area contributed by atoms with Crippen molar-refractivity contribution in [2.24, 2.45) is 0 Å². The Bertz CT molecular complexity index is 1440. The molecule has 7 heteroatoms. The number of rotatable bonds is 8. The number of methoxy groups -OCH3 is 2. The monoisotopic (exact) mass is 603 g/mol. The largest absolute Gasteiger partial charge is 0.496 e. The molecule has 0 bridgehead atoms. The summed E-state index contributed by atoms with van der Waals surface area (Å²) in [6.45, 7) is 1.20. The first-order valence-corrected chi connectivity index (χ1v) is 12.9. The second-order valence-electron chi connectivity index (χ2n) is 8.55. The van der Waals surface area contributed by atoms with Crippen LogP contribution in [0.15, 0.2) is 84.9 Å². The Morgan fingerprint density at radius 1 is 0.811 bits per heavy atom. The number of para-hydroxylation sites is 1. The van der Waals surface area contributed by atoms with Crippen LogP contribution in [0.5, 0.6) is 23.0 Å². The van der Waals surface area contributed by atoms with Crippen molar-refractivity contribution in [3.63, 3.8) is 0 Å². The average molecular weight is 603 g/mol. The number of anilines is 3. The SMILES string of the molecule is COc1ccc2c(c1CC#N)Oc1c(ccc(OC)c1CN(I)c1ccccc1)N2Cc1ccccc1. The van der Waals surface area contributed by atoms with Crippen LogP contribution < -0.4 is 22.2 Å². The molecule has 0 N–H and O–H groups in total. The average Bonchev–Trinajstić information content (AvgIpc) is 2.94. The predicted molar refractivity (Wildman–Crippen MR) is 154 cm³/mol. The van der Waals surface area contributed by atoms with E-state index in [4.69, 9.17) is 14.2 Å². The zero-order chi connectivity index (χ0) is 25.8. The topological polar surface area (TPSA) is 58.0 Å². The molecule has 0 spiro atoms. The van der Waals surface area contributed by atoms with Gasteiger partial charge in [-0.05, 0) is 42.0 Å². The van der Waals surface area contributed by atoms with Crippen LogP contribution in [0.3, 0.4) is 0 Å². The minimum absolute atomic E-state index is 0.169. The molecule has 0 radical (unpaired) electrons. The molecule has 0 saturated heterocycles. The standard InChI is InChI=1S/C30H26IN3O3/c1-35-27-15-13-25-29(23(27)17-18-32)37-30-24(20-34(31)22-11-7-4-8-12-22)28(36-2)16-14-26(30)33(25)19-21-9-5-3-6-10-21/h3-16H,17,19-20H2,1-2H3.